The Morgan fingerprint density at radius 1 is 1.19 bits per heavy atom. The molecule has 1 aliphatic rings. The highest BCUT2D eigenvalue weighted by Gasteiger charge is 2.25. The van der Waals surface area contributed by atoms with Crippen LogP contribution >= 0.6 is 0 Å². The van der Waals surface area contributed by atoms with Crippen LogP contribution in [0.4, 0.5) is 0 Å². The Morgan fingerprint density at radius 2 is 1.96 bits per heavy atom. The summed E-state index contributed by atoms with van der Waals surface area (Å²) in [5.74, 6) is -0.218. The number of nitrogens with one attached hydrogen (secondary N) is 1. The van der Waals surface area contributed by atoms with Crippen molar-refractivity contribution in [3.05, 3.63) is 64.7 Å². The molecule has 0 saturated carbocycles. The molecule has 1 N–H and O–H groups in total. The Kier molecular flexibility index (Phi) is 5.79. The normalized spacial score (nSPS) is 16.8. The smallest absolute Gasteiger partial charge is 0.339 e. The molecule has 0 saturated heterocycles. The molecule has 0 radical (unpaired) electrons. The zero-order valence-corrected chi connectivity index (χ0v) is 16.0. The third kappa shape index (κ3) is 4.30. The van der Waals surface area contributed by atoms with Crippen LogP contribution in [-0.2, 0) is 16.0 Å². The summed E-state index contributed by atoms with van der Waals surface area (Å²) in [4.78, 5) is 24.9. The topological polar surface area (TPSA) is 64.6 Å². The molecule has 1 amide bonds. The van der Waals surface area contributed by atoms with Crippen LogP contribution < -0.4 is 10.1 Å². The number of aryl methyl sites for hydroxylation is 2. The molecule has 2 atom stereocenters. The molecule has 0 unspecified atom stereocenters. The molecular formula is C22H25NO4. The number of carbonyl (C=O) groups is 2. The molecule has 27 heavy (non-hydrogen) atoms. The molecule has 142 valence electrons. The average Bonchev–Trinajstić information content (AvgIpc) is 2.68. The summed E-state index contributed by atoms with van der Waals surface area (Å²) in [5.41, 5.74) is 3.71. The number of amides is 1. The van der Waals surface area contributed by atoms with Gasteiger partial charge in [0.1, 0.15) is 5.75 Å². The van der Waals surface area contributed by atoms with E-state index in [2.05, 4.69) is 17.4 Å². The van der Waals surface area contributed by atoms with Crippen molar-refractivity contribution in [3.63, 3.8) is 0 Å². The zero-order valence-electron chi connectivity index (χ0n) is 16.0. The molecule has 1 aliphatic carbocycles. The van der Waals surface area contributed by atoms with Gasteiger partial charge in [-0.05, 0) is 61.9 Å². The van der Waals surface area contributed by atoms with Gasteiger partial charge in [-0.15, -0.1) is 0 Å². The van der Waals surface area contributed by atoms with E-state index >= 15 is 0 Å². The van der Waals surface area contributed by atoms with Gasteiger partial charge in [-0.3, -0.25) is 4.79 Å². The highest BCUT2D eigenvalue weighted by Crippen LogP contribution is 2.29. The molecule has 0 fully saturated rings. The van der Waals surface area contributed by atoms with E-state index in [-0.39, 0.29) is 11.9 Å². The number of hydrogen-bond donors (Lipinski definition) is 1. The second kappa shape index (κ2) is 8.25. The largest absolute Gasteiger partial charge is 0.496 e. The first-order valence-corrected chi connectivity index (χ1v) is 9.23. The van der Waals surface area contributed by atoms with Gasteiger partial charge in [0.05, 0.1) is 18.7 Å². The Morgan fingerprint density at radius 3 is 2.74 bits per heavy atom. The number of carbonyl (C=O) groups excluding carboxylic acids is 2. The van der Waals surface area contributed by atoms with Crippen molar-refractivity contribution < 1.29 is 19.1 Å². The standard InChI is InChI=1S/C22H25NO4/c1-14-11-12-17(13-20(14)26-3)22(25)27-15(2)21(24)23-19-10-6-8-16-7-4-5-9-18(16)19/h4-5,7,9,11-13,15,19H,6,8,10H2,1-3H3,(H,23,24)/t15-,19-/m0/s1. The van der Waals surface area contributed by atoms with Crippen LogP contribution in [-0.4, -0.2) is 25.1 Å². The van der Waals surface area contributed by atoms with E-state index in [1.54, 1.807) is 32.2 Å². The van der Waals surface area contributed by atoms with Crippen LogP contribution in [0.5, 0.6) is 5.75 Å². The second-order valence-electron chi connectivity index (χ2n) is 6.88. The maximum Gasteiger partial charge on any atom is 0.339 e. The molecular weight excluding hydrogens is 342 g/mol. The van der Waals surface area contributed by atoms with Crippen LogP contribution in [0.15, 0.2) is 42.5 Å². The van der Waals surface area contributed by atoms with Gasteiger partial charge in [-0.2, -0.15) is 0 Å². The van der Waals surface area contributed by atoms with Crippen molar-refractivity contribution in [2.75, 3.05) is 7.11 Å². The lowest BCUT2D eigenvalue weighted by atomic mass is 9.87. The van der Waals surface area contributed by atoms with Crippen molar-refractivity contribution >= 4 is 11.9 Å². The summed E-state index contributed by atoms with van der Waals surface area (Å²) in [6.45, 7) is 3.49. The van der Waals surface area contributed by atoms with Gasteiger partial charge < -0.3 is 14.8 Å². The van der Waals surface area contributed by atoms with E-state index < -0.39 is 12.1 Å². The molecule has 3 rings (SSSR count). The summed E-state index contributed by atoms with van der Waals surface area (Å²) < 4.78 is 10.6. The summed E-state index contributed by atoms with van der Waals surface area (Å²) >= 11 is 0. The minimum absolute atomic E-state index is 0.0388. The van der Waals surface area contributed by atoms with Gasteiger partial charge in [-0.25, -0.2) is 4.79 Å². The third-order valence-electron chi connectivity index (χ3n) is 4.98. The Bertz CT molecular complexity index is 846. The number of ether oxygens (including phenoxy) is 2. The Balaban J connectivity index is 1.64. The van der Waals surface area contributed by atoms with Crippen LogP contribution in [0.2, 0.25) is 0 Å². The number of rotatable bonds is 5. The summed E-state index contributed by atoms with van der Waals surface area (Å²) in [6, 6.07) is 13.2. The summed E-state index contributed by atoms with van der Waals surface area (Å²) in [6.07, 6.45) is 2.07. The molecule has 0 aliphatic heterocycles. The molecule has 0 heterocycles. The highest BCUT2D eigenvalue weighted by molar-refractivity contribution is 5.92. The number of methoxy groups -OCH3 is 1. The lowest BCUT2D eigenvalue weighted by Crippen LogP contribution is -2.39. The molecule has 5 heteroatoms. The number of fused-ring (bicyclic) bond motifs is 1. The second-order valence-corrected chi connectivity index (χ2v) is 6.88. The quantitative estimate of drug-likeness (QED) is 0.818. The predicted molar refractivity (Wildman–Crippen MR) is 103 cm³/mol. The molecule has 0 spiro atoms. The van der Waals surface area contributed by atoms with Crippen molar-refractivity contribution in [1.29, 1.82) is 0 Å². The van der Waals surface area contributed by atoms with E-state index in [4.69, 9.17) is 9.47 Å². The van der Waals surface area contributed by atoms with E-state index in [9.17, 15) is 9.59 Å². The third-order valence-corrected chi connectivity index (χ3v) is 4.98. The van der Waals surface area contributed by atoms with E-state index in [1.165, 1.54) is 5.56 Å². The van der Waals surface area contributed by atoms with Crippen molar-refractivity contribution in [2.45, 2.75) is 45.3 Å². The lowest BCUT2D eigenvalue weighted by molar-refractivity contribution is -0.130. The van der Waals surface area contributed by atoms with Gasteiger partial charge in [0.25, 0.3) is 5.91 Å². The van der Waals surface area contributed by atoms with E-state index in [1.807, 2.05) is 19.1 Å². The van der Waals surface area contributed by atoms with E-state index in [0.29, 0.717) is 11.3 Å². The predicted octanol–water partition coefficient (Wildman–Crippen LogP) is 3.74. The van der Waals surface area contributed by atoms with Gasteiger partial charge in [-0.1, -0.05) is 30.3 Å². The molecule has 0 bridgehead atoms. The minimum atomic E-state index is -0.876. The van der Waals surface area contributed by atoms with Gasteiger partial charge in [0.15, 0.2) is 6.10 Å². The summed E-state index contributed by atoms with van der Waals surface area (Å²) in [7, 11) is 1.55. The maximum absolute atomic E-state index is 12.6. The monoisotopic (exact) mass is 367 g/mol. The van der Waals surface area contributed by atoms with Crippen LogP contribution in [0.3, 0.4) is 0 Å². The lowest BCUT2D eigenvalue weighted by Gasteiger charge is -2.27. The van der Waals surface area contributed by atoms with Crippen molar-refractivity contribution in [3.8, 4) is 5.75 Å². The van der Waals surface area contributed by atoms with Gasteiger partial charge in [0.2, 0.25) is 0 Å². The van der Waals surface area contributed by atoms with Crippen LogP contribution in [0.1, 0.15) is 52.9 Å². The Labute approximate surface area is 159 Å². The number of hydrogen-bond acceptors (Lipinski definition) is 4. The maximum atomic E-state index is 12.6. The fraction of sp³-hybridized carbons (Fsp3) is 0.364. The SMILES string of the molecule is COc1cc(C(=O)O[C@@H](C)C(=O)N[C@H]2CCCc3ccccc32)ccc1C. The van der Waals surface area contributed by atoms with E-state index in [0.717, 1.165) is 30.4 Å². The highest BCUT2D eigenvalue weighted by atomic mass is 16.5. The molecule has 2 aromatic rings. The summed E-state index contributed by atoms with van der Waals surface area (Å²) in [5, 5.41) is 3.02. The zero-order chi connectivity index (χ0) is 19.4. The molecule has 2 aromatic carbocycles. The van der Waals surface area contributed by atoms with Gasteiger partial charge >= 0.3 is 5.97 Å². The van der Waals surface area contributed by atoms with Crippen LogP contribution in [0.25, 0.3) is 0 Å². The number of esters is 1. The average molecular weight is 367 g/mol. The first-order valence-electron chi connectivity index (χ1n) is 9.23. The minimum Gasteiger partial charge on any atom is -0.496 e. The first-order chi connectivity index (χ1) is 13.0. The Hall–Kier alpha value is -2.82. The molecule has 5 nitrogen and oxygen atoms in total. The molecule has 0 aromatic heterocycles. The van der Waals surface area contributed by atoms with Gasteiger partial charge in [0, 0.05) is 0 Å². The number of benzene rings is 2. The van der Waals surface area contributed by atoms with Crippen molar-refractivity contribution in [1.82, 2.24) is 5.32 Å². The fourth-order valence-electron chi connectivity index (χ4n) is 3.42. The first kappa shape index (κ1) is 19.0. The van der Waals surface area contributed by atoms with Crippen molar-refractivity contribution in [2.24, 2.45) is 0 Å². The fourth-order valence-corrected chi connectivity index (χ4v) is 3.42. The van der Waals surface area contributed by atoms with Crippen LogP contribution in [0, 0.1) is 6.92 Å².